The molecule has 1 unspecified atom stereocenters. The van der Waals surface area contributed by atoms with Crippen molar-refractivity contribution in [1.29, 1.82) is 5.26 Å². The number of hydrogen-bond donors (Lipinski definition) is 0. The molecule has 0 spiro atoms. The summed E-state index contributed by atoms with van der Waals surface area (Å²) in [5.74, 6) is -0.504. The molecular weight excluding hydrogens is 180 g/mol. The third-order valence-corrected chi connectivity index (χ3v) is 2.27. The second-order valence-corrected chi connectivity index (χ2v) is 3.57. The van der Waals surface area contributed by atoms with Crippen LogP contribution in [0, 0.1) is 33.3 Å². The van der Waals surface area contributed by atoms with E-state index in [2.05, 4.69) is 0 Å². The van der Waals surface area contributed by atoms with Crippen molar-refractivity contribution in [2.45, 2.75) is 20.3 Å². The predicted molar refractivity (Wildman–Crippen MR) is 51.7 cm³/mol. The zero-order valence-corrected chi connectivity index (χ0v) is 8.23. The minimum atomic E-state index is -0.590. The van der Waals surface area contributed by atoms with E-state index < -0.39 is 10.8 Å². The molecule has 0 amide bonds. The highest BCUT2D eigenvalue weighted by Gasteiger charge is 2.30. The number of hydrogen-bond acceptors (Lipinski definition) is 3. The smallest absolute Gasteiger partial charge is 0.259 e. The number of allylic oxidation sites excluding steroid dienone is 4. The van der Waals surface area contributed by atoms with Crippen molar-refractivity contribution in [1.82, 2.24) is 0 Å². The Morgan fingerprint density at radius 3 is 2.79 bits per heavy atom. The van der Waals surface area contributed by atoms with E-state index in [4.69, 9.17) is 5.26 Å². The van der Waals surface area contributed by atoms with E-state index in [9.17, 15) is 10.1 Å². The van der Waals surface area contributed by atoms with Crippen LogP contribution < -0.4 is 0 Å². The quantitative estimate of drug-likeness (QED) is 0.498. The summed E-state index contributed by atoms with van der Waals surface area (Å²) in [5.41, 5.74) is 0.748. The molecule has 0 fully saturated rings. The minimum absolute atomic E-state index is 0.0741. The van der Waals surface area contributed by atoms with E-state index in [1.54, 1.807) is 6.08 Å². The summed E-state index contributed by atoms with van der Waals surface area (Å²) in [4.78, 5) is 10.4. The second kappa shape index (κ2) is 4.05. The molecule has 74 valence electrons. The third kappa shape index (κ3) is 1.82. The maximum atomic E-state index is 10.8. The van der Waals surface area contributed by atoms with Gasteiger partial charge in [0.15, 0.2) is 0 Å². The van der Waals surface area contributed by atoms with Crippen molar-refractivity contribution in [2.75, 3.05) is 0 Å². The fraction of sp³-hybridized carbons (Fsp3) is 0.500. The first kappa shape index (κ1) is 10.5. The average Bonchev–Trinajstić information content (AvgIpc) is 2.16. The van der Waals surface area contributed by atoms with Gasteiger partial charge in [-0.25, -0.2) is 0 Å². The van der Waals surface area contributed by atoms with E-state index in [0.717, 1.165) is 0 Å². The largest absolute Gasteiger partial charge is 0.267 e. The summed E-state index contributed by atoms with van der Waals surface area (Å²) < 4.78 is 0. The molecule has 4 heteroatoms. The first-order valence-electron chi connectivity index (χ1n) is 4.52. The van der Waals surface area contributed by atoms with Crippen LogP contribution in [0.25, 0.3) is 0 Å². The fourth-order valence-electron chi connectivity index (χ4n) is 1.56. The van der Waals surface area contributed by atoms with Crippen LogP contribution in [0.1, 0.15) is 20.3 Å². The molecule has 1 aliphatic rings. The molecule has 0 radical (unpaired) electrons. The van der Waals surface area contributed by atoms with Gasteiger partial charge in [0.25, 0.3) is 5.70 Å². The Morgan fingerprint density at radius 1 is 1.71 bits per heavy atom. The van der Waals surface area contributed by atoms with Crippen molar-refractivity contribution in [3.05, 3.63) is 33.5 Å². The lowest BCUT2D eigenvalue weighted by molar-refractivity contribution is -0.433. The van der Waals surface area contributed by atoms with E-state index in [-0.39, 0.29) is 11.6 Å². The first-order chi connectivity index (χ1) is 6.57. The predicted octanol–water partition coefficient (Wildman–Crippen LogP) is 2.27. The SMILES string of the molecule is CC(C)C1=C([N+](=O)[O-])C(C#N)CC=C1. The molecule has 4 nitrogen and oxygen atoms in total. The highest BCUT2D eigenvalue weighted by atomic mass is 16.6. The Hall–Kier alpha value is -1.63. The van der Waals surface area contributed by atoms with E-state index in [1.165, 1.54) is 0 Å². The molecule has 1 rings (SSSR count). The molecule has 0 aromatic rings. The Morgan fingerprint density at radius 2 is 2.36 bits per heavy atom. The number of nitrogens with zero attached hydrogens (tertiary/aromatic N) is 2. The normalized spacial score (nSPS) is 21.1. The van der Waals surface area contributed by atoms with Gasteiger partial charge in [0.05, 0.1) is 11.0 Å². The molecule has 0 heterocycles. The molecule has 0 aromatic heterocycles. The van der Waals surface area contributed by atoms with Gasteiger partial charge in [0, 0.05) is 5.57 Å². The van der Waals surface area contributed by atoms with E-state index in [1.807, 2.05) is 26.0 Å². The lowest BCUT2D eigenvalue weighted by Crippen LogP contribution is -2.17. The van der Waals surface area contributed by atoms with Crippen LogP contribution >= 0.6 is 0 Å². The summed E-state index contributed by atoms with van der Waals surface area (Å²) in [6, 6.07) is 1.97. The molecule has 0 N–H and O–H groups in total. The third-order valence-electron chi connectivity index (χ3n) is 2.27. The lowest BCUT2D eigenvalue weighted by atomic mass is 9.88. The molecule has 0 aliphatic heterocycles. The van der Waals surface area contributed by atoms with Crippen LogP contribution in [0.4, 0.5) is 0 Å². The van der Waals surface area contributed by atoms with Gasteiger partial charge >= 0.3 is 0 Å². The number of nitriles is 1. The monoisotopic (exact) mass is 192 g/mol. The van der Waals surface area contributed by atoms with E-state index in [0.29, 0.717) is 12.0 Å². The Kier molecular flexibility index (Phi) is 3.03. The average molecular weight is 192 g/mol. The van der Waals surface area contributed by atoms with Crippen molar-refractivity contribution in [2.24, 2.45) is 11.8 Å². The molecule has 0 saturated carbocycles. The minimum Gasteiger partial charge on any atom is -0.259 e. The topological polar surface area (TPSA) is 66.9 Å². The molecule has 0 bridgehead atoms. The van der Waals surface area contributed by atoms with Gasteiger partial charge in [-0.2, -0.15) is 5.26 Å². The van der Waals surface area contributed by atoms with Gasteiger partial charge in [0.1, 0.15) is 5.92 Å². The summed E-state index contributed by atoms with van der Waals surface area (Å²) in [5, 5.41) is 19.6. The standard InChI is InChI=1S/C10H12N2O2/c1-7(2)9-5-3-4-8(6-11)10(9)12(13)14/h3,5,7-8H,4H2,1-2H3. The molecule has 0 aromatic carbocycles. The summed E-state index contributed by atoms with van der Waals surface area (Å²) in [6.07, 6.45) is 4.04. The zero-order valence-electron chi connectivity index (χ0n) is 8.23. The summed E-state index contributed by atoms with van der Waals surface area (Å²) >= 11 is 0. The number of rotatable bonds is 2. The Balaban J connectivity index is 3.21. The second-order valence-electron chi connectivity index (χ2n) is 3.57. The van der Waals surface area contributed by atoms with Crippen LogP contribution in [0.2, 0.25) is 0 Å². The van der Waals surface area contributed by atoms with Gasteiger partial charge < -0.3 is 0 Å². The fourth-order valence-corrected chi connectivity index (χ4v) is 1.56. The van der Waals surface area contributed by atoms with Crippen LogP contribution in [-0.2, 0) is 0 Å². The van der Waals surface area contributed by atoms with Gasteiger partial charge in [0.2, 0.25) is 0 Å². The molecular formula is C10H12N2O2. The van der Waals surface area contributed by atoms with Crippen molar-refractivity contribution < 1.29 is 4.92 Å². The van der Waals surface area contributed by atoms with Crippen LogP contribution in [0.5, 0.6) is 0 Å². The van der Waals surface area contributed by atoms with Crippen molar-refractivity contribution in [3.8, 4) is 6.07 Å². The first-order valence-corrected chi connectivity index (χ1v) is 4.52. The van der Waals surface area contributed by atoms with Crippen molar-refractivity contribution in [3.63, 3.8) is 0 Å². The van der Waals surface area contributed by atoms with Crippen LogP contribution in [0.3, 0.4) is 0 Å². The Bertz CT molecular complexity index is 348. The maximum absolute atomic E-state index is 10.8. The number of nitro groups is 1. The van der Waals surface area contributed by atoms with E-state index >= 15 is 0 Å². The lowest BCUT2D eigenvalue weighted by Gasteiger charge is -2.15. The van der Waals surface area contributed by atoms with Crippen LogP contribution in [0.15, 0.2) is 23.4 Å². The maximum Gasteiger partial charge on any atom is 0.267 e. The van der Waals surface area contributed by atoms with Crippen molar-refractivity contribution >= 4 is 0 Å². The highest BCUT2D eigenvalue weighted by Crippen LogP contribution is 2.29. The van der Waals surface area contributed by atoms with Gasteiger partial charge in [-0.1, -0.05) is 26.0 Å². The zero-order chi connectivity index (χ0) is 10.7. The highest BCUT2D eigenvalue weighted by molar-refractivity contribution is 5.32. The molecule has 1 atom stereocenters. The summed E-state index contributed by atoms with van der Waals surface area (Å²) in [7, 11) is 0. The molecule has 14 heavy (non-hydrogen) atoms. The van der Waals surface area contributed by atoms with Gasteiger partial charge in [-0.15, -0.1) is 0 Å². The Labute approximate surface area is 82.7 Å². The molecule has 0 saturated heterocycles. The molecule has 1 aliphatic carbocycles. The van der Waals surface area contributed by atoms with Crippen LogP contribution in [-0.4, -0.2) is 4.92 Å². The van der Waals surface area contributed by atoms with Gasteiger partial charge in [-0.3, -0.25) is 10.1 Å². The van der Waals surface area contributed by atoms with Gasteiger partial charge in [-0.05, 0) is 12.3 Å². The summed E-state index contributed by atoms with van der Waals surface area (Å²) in [6.45, 7) is 3.78.